The lowest BCUT2D eigenvalue weighted by atomic mass is 10.1. The molecule has 3 rings (SSSR count). The third kappa shape index (κ3) is 2.14. The van der Waals surface area contributed by atoms with E-state index in [1.54, 1.807) is 29.1 Å². The van der Waals surface area contributed by atoms with Gasteiger partial charge in [0.15, 0.2) is 5.69 Å². The molecule has 6 heteroatoms. The molecule has 1 saturated heterocycles. The van der Waals surface area contributed by atoms with Gasteiger partial charge in [-0.1, -0.05) is 11.6 Å². The van der Waals surface area contributed by atoms with Crippen molar-refractivity contribution in [3.63, 3.8) is 0 Å². The number of aryl methyl sites for hydroxylation is 1. The van der Waals surface area contributed by atoms with Crippen molar-refractivity contribution < 1.29 is 9.21 Å². The summed E-state index contributed by atoms with van der Waals surface area (Å²) in [6.07, 6.45) is 5.13. The molecule has 1 amide bonds. The Labute approximate surface area is 115 Å². The van der Waals surface area contributed by atoms with E-state index in [1.807, 2.05) is 12.1 Å². The minimum Gasteiger partial charge on any atom is -0.467 e. The molecule has 1 fully saturated rings. The molecule has 19 heavy (non-hydrogen) atoms. The van der Waals surface area contributed by atoms with Gasteiger partial charge in [-0.3, -0.25) is 9.48 Å². The fraction of sp³-hybridized carbons (Fsp3) is 0.385. The fourth-order valence-electron chi connectivity index (χ4n) is 2.53. The number of nitrogens with zero attached hydrogens (tertiary/aromatic N) is 3. The molecule has 1 unspecified atom stereocenters. The number of carbonyl (C=O) groups is 1. The normalized spacial score (nSPS) is 19.1. The first-order valence-corrected chi connectivity index (χ1v) is 6.58. The van der Waals surface area contributed by atoms with Crippen molar-refractivity contribution >= 4 is 17.5 Å². The molecule has 1 atom stereocenters. The molecule has 1 aliphatic rings. The molecule has 2 aromatic rings. The van der Waals surface area contributed by atoms with Gasteiger partial charge < -0.3 is 9.32 Å². The molecule has 3 heterocycles. The topological polar surface area (TPSA) is 51.3 Å². The summed E-state index contributed by atoms with van der Waals surface area (Å²) in [5.41, 5.74) is 0.308. The van der Waals surface area contributed by atoms with E-state index in [0.29, 0.717) is 17.3 Å². The smallest absolute Gasteiger partial charge is 0.276 e. The standard InChI is InChI=1S/C13H14ClN3O2/c1-16-8-9(14)12(15-16)13(18)17-6-2-4-10(17)11-5-3-7-19-11/h3,5,7-8,10H,2,4,6H2,1H3. The van der Waals surface area contributed by atoms with Gasteiger partial charge in [0.25, 0.3) is 5.91 Å². The van der Waals surface area contributed by atoms with Gasteiger partial charge in [0, 0.05) is 19.8 Å². The van der Waals surface area contributed by atoms with Crippen LogP contribution in [0.4, 0.5) is 0 Å². The van der Waals surface area contributed by atoms with Crippen molar-refractivity contribution in [1.82, 2.24) is 14.7 Å². The Morgan fingerprint density at radius 3 is 3.05 bits per heavy atom. The number of halogens is 1. The minimum absolute atomic E-state index is 0.0134. The number of amides is 1. The van der Waals surface area contributed by atoms with Crippen molar-refractivity contribution in [2.75, 3.05) is 6.54 Å². The molecule has 2 aromatic heterocycles. The van der Waals surface area contributed by atoms with E-state index >= 15 is 0 Å². The van der Waals surface area contributed by atoms with Gasteiger partial charge in [-0.05, 0) is 25.0 Å². The van der Waals surface area contributed by atoms with Crippen LogP contribution in [-0.2, 0) is 7.05 Å². The first kappa shape index (κ1) is 12.3. The second kappa shape index (κ2) is 4.74. The number of aromatic nitrogens is 2. The van der Waals surface area contributed by atoms with Gasteiger partial charge in [-0.2, -0.15) is 5.10 Å². The van der Waals surface area contributed by atoms with Crippen molar-refractivity contribution in [1.29, 1.82) is 0 Å². The van der Waals surface area contributed by atoms with Crippen molar-refractivity contribution in [2.45, 2.75) is 18.9 Å². The summed E-state index contributed by atoms with van der Waals surface area (Å²) in [5, 5.41) is 4.52. The van der Waals surface area contributed by atoms with Crippen LogP contribution in [0.25, 0.3) is 0 Å². The van der Waals surface area contributed by atoms with E-state index in [4.69, 9.17) is 16.0 Å². The predicted molar refractivity (Wildman–Crippen MR) is 69.9 cm³/mol. The molecule has 0 saturated carbocycles. The predicted octanol–water partition coefficient (Wildman–Crippen LogP) is 2.64. The zero-order valence-corrected chi connectivity index (χ0v) is 11.3. The van der Waals surface area contributed by atoms with Crippen LogP contribution in [-0.4, -0.2) is 27.1 Å². The third-order valence-electron chi connectivity index (χ3n) is 3.37. The van der Waals surface area contributed by atoms with Gasteiger partial charge in [0.05, 0.1) is 17.3 Å². The maximum Gasteiger partial charge on any atom is 0.276 e. The average molecular weight is 280 g/mol. The summed E-state index contributed by atoms with van der Waals surface area (Å²) in [4.78, 5) is 14.3. The van der Waals surface area contributed by atoms with E-state index in [-0.39, 0.29) is 11.9 Å². The molecule has 0 N–H and O–H groups in total. The van der Waals surface area contributed by atoms with Gasteiger partial charge in [0.1, 0.15) is 5.76 Å². The SMILES string of the molecule is Cn1cc(Cl)c(C(=O)N2CCCC2c2ccco2)n1. The van der Waals surface area contributed by atoms with Gasteiger partial charge >= 0.3 is 0 Å². The summed E-state index contributed by atoms with van der Waals surface area (Å²) in [7, 11) is 1.75. The molecule has 0 spiro atoms. The van der Waals surface area contributed by atoms with Crippen molar-refractivity contribution in [3.8, 4) is 0 Å². The molecular weight excluding hydrogens is 266 g/mol. The highest BCUT2D eigenvalue weighted by Gasteiger charge is 2.34. The van der Waals surface area contributed by atoms with Crippen molar-refractivity contribution in [2.24, 2.45) is 7.05 Å². The van der Waals surface area contributed by atoms with Crippen LogP contribution in [0.3, 0.4) is 0 Å². The summed E-state index contributed by atoms with van der Waals surface area (Å²) in [5.74, 6) is 0.683. The fourth-order valence-corrected chi connectivity index (χ4v) is 2.79. The van der Waals surface area contributed by atoms with Gasteiger partial charge in [-0.25, -0.2) is 0 Å². The van der Waals surface area contributed by atoms with Crippen molar-refractivity contribution in [3.05, 3.63) is 41.1 Å². The van der Waals surface area contributed by atoms with Crippen LogP contribution >= 0.6 is 11.6 Å². The lowest BCUT2D eigenvalue weighted by Gasteiger charge is -2.22. The quantitative estimate of drug-likeness (QED) is 0.849. The summed E-state index contributed by atoms with van der Waals surface area (Å²) < 4.78 is 6.97. The van der Waals surface area contributed by atoms with Crippen LogP contribution < -0.4 is 0 Å². The molecule has 0 bridgehead atoms. The van der Waals surface area contributed by atoms with Crippen LogP contribution in [0.5, 0.6) is 0 Å². The lowest BCUT2D eigenvalue weighted by Crippen LogP contribution is -2.31. The highest BCUT2D eigenvalue weighted by Crippen LogP contribution is 2.33. The van der Waals surface area contributed by atoms with Crippen LogP contribution in [0.15, 0.2) is 29.0 Å². The number of carbonyl (C=O) groups excluding carboxylic acids is 1. The second-order valence-electron chi connectivity index (χ2n) is 4.67. The number of hydrogen-bond acceptors (Lipinski definition) is 3. The Hall–Kier alpha value is -1.75. The largest absolute Gasteiger partial charge is 0.467 e. The highest BCUT2D eigenvalue weighted by molar-refractivity contribution is 6.33. The Morgan fingerprint density at radius 2 is 2.42 bits per heavy atom. The first-order chi connectivity index (χ1) is 9.16. The highest BCUT2D eigenvalue weighted by atomic mass is 35.5. The Bertz CT molecular complexity index is 591. The van der Waals surface area contributed by atoms with Crippen LogP contribution in [0.1, 0.15) is 35.1 Å². The van der Waals surface area contributed by atoms with E-state index in [0.717, 1.165) is 18.6 Å². The Balaban J connectivity index is 1.89. The zero-order chi connectivity index (χ0) is 13.4. The lowest BCUT2D eigenvalue weighted by molar-refractivity contribution is 0.0713. The third-order valence-corrected chi connectivity index (χ3v) is 3.65. The minimum atomic E-state index is -0.135. The Kier molecular flexibility index (Phi) is 3.06. The maximum atomic E-state index is 12.5. The summed E-state index contributed by atoms with van der Waals surface area (Å²) in [6.45, 7) is 0.705. The van der Waals surface area contributed by atoms with Crippen LogP contribution in [0, 0.1) is 0 Å². The first-order valence-electron chi connectivity index (χ1n) is 6.20. The van der Waals surface area contributed by atoms with E-state index < -0.39 is 0 Å². The van der Waals surface area contributed by atoms with E-state index in [1.165, 1.54) is 0 Å². The molecule has 0 aliphatic carbocycles. The summed E-state index contributed by atoms with van der Waals surface area (Å²) in [6, 6.07) is 3.72. The molecule has 100 valence electrons. The number of rotatable bonds is 2. The van der Waals surface area contributed by atoms with E-state index in [2.05, 4.69) is 5.10 Å². The maximum absolute atomic E-state index is 12.5. The van der Waals surface area contributed by atoms with Crippen LogP contribution in [0.2, 0.25) is 5.02 Å². The number of hydrogen-bond donors (Lipinski definition) is 0. The number of furan rings is 1. The number of likely N-dealkylation sites (tertiary alicyclic amines) is 1. The average Bonchev–Trinajstić information content (AvgIpc) is 3.06. The van der Waals surface area contributed by atoms with Gasteiger partial charge in [0.2, 0.25) is 0 Å². The van der Waals surface area contributed by atoms with E-state index in [9.17, 15) is 4.79 Å². The summed E-state index contributed by atoms with van der Waals surface area (Å²) >= 11 is 6.04. The molecule has 0 aromatic carbocycles. The molecule has 1 aliphatic heterocycles. The molecular formula is C13H14ClN3O2. The van der Waals surface area contributed by atoms with Gasteiger partial charge in [-0.15, -0.1) is 0 Å². The Morgan fingerprint density at radius 1 is 1.58 bits per heavy atom. The molecule has 0 radical (unpaired) electrons. The monoisotopic (exact) mass is 279 g/mol. The zero-order valence-electron chi connectivity index (χ0n) is 10.5. The second-order valence-corrected chi connectivity index (χ2v) is 5.08. The molecule has 5 nitrogen and oxygen atoms in total.